The van der Waals surface area contributed by atoms with Crippen LogP contribution in [0.3, 0.4) is 0 Å². The minimum atomic E-state index is 0.0618. The zero-order chi connectivity index (χ0) is 9.78. The standard InChI is InChI=1S/C11H17N/c1-6-9(8-12)10(7-2)11(3,4)5/h6-7H,1-5H3/b9-6-,10-7+. The summed E-state index contributed by atoms with van der Waals surface area (Å²) in [6, 6.07) is 2.20. The Bertz CT molecular complexity index is 243. The molecule has 12 heavy (non-hydrogen) atoms. The molecule has 0 aromatic rings. The van der Waals surface area contributed by atoms with Crippen LogP contribution in [0.15, 0.2) is 23.3 Å². The minimum Gasteiger partial charge on any atom is -0.192 e. The molecule has 0 aliphatic rings. The molecule has 0 saturated heterocycles. The van der Waals surface area contributed by atoms with Crippen molar-refractivity contribution in [2.24, 2.45) is 5.41 Å². The van der Waals surface area contributed by atoms with Crippen molar-refractivity contribution in [1.82, 2.24) is 0 Å². The quantitative estimate of drug-likeness (QED) is 0.429. The highest BCUT2D eigenvalue weighted by Gasteiger charge is 2.18. The smallest absolute Gasteiger partial charge is 0.0991 e. The zero-order valence-corrected chi connectivity index (χ0v) is 8.60. The summed E-state index contributed by atoms with van der Waals surface area (Å²) in [5, 5.41) is 8.83. The summed E-state index contributed by atoms with van der Waals surface area (Å²) < 4.78 is 0. The molecule has 66 valence electrons. The van der Waals surface area contributed by atoms with E-state index in [4.69, 9.17) is 5.26 Å². The number of hydrogen-bond acceptors (Lipinski definition) is 1. The predicted molar refractivity (Wildman–Crippen MR) is 52.6 cm³/mol. The Balaban J connectivity index is 4.99. The minimum absolute atomic E-state index is 0.0618. The topological polar surface area (TPSA) is 23.8 Å². The molecule has 0 aliphatic heterocycles. The monoisotopic (exact) mass is 163 g/mol. The first kappa shape index (κ1) is 11.0. The van der Waals surface area contributed by atoms with E-state index < -0.39 is 0 Å². The second-order valence-electron chi connectivity index (χ2n) is 3.77. The number of nitriles is 1. The normalized spacial score (nSPS) is 14.3. The van der Waals surface area contributed by atoms with Crippen molar-refractivity contribution >= 4 is 0 Å². The highest BCUT2D eigenvalue weighted by atomic mass is 14.3. The Kier molecular flexibility index (Phi) is 3.76. The fourth-order valence-corrected chi connectivity index (χ4v) is 1.27. The van der Waals surface area contributed by atoms with Gasteiger partial charge in [-0.05, 0) is 24.8 Å². The highest BCUT2D eigenvalue weighted by molar-refractivity contribution is 5.44. The van der Waals surface area contributed by atoms with Crippen LogP contribution in [-0.4, -0.2) is 0 Å². The summed E-state index contributed by atoms with van der Waals surface area (Å²) in [4.78, 5) is 0. The van der Waals surface area contributed by atoms with Crippen molar-refractivity contribution in [1.29, 1.82) is 5.26 Å². The van der Waals surface area contributed by atoms with Gasteiger partial charge in [-0.15, -0.1) is 0 Å². The molecule has 0 fully saturated rings. The van der Waals surface area contributed by atoms with Crippen LogP contribution in [0, 0.1) is 16.7 Å². The van der Waals surface area contributed by atoms with Crippen LogP contribution in [0.2, 0.25) is 0 Å². The van der Waals surface area contributed by atoms with E-state index in [0.29, 0.717) is 0 Å². The highest BCUT2D eigenvalue weighted by Crippen LogP contribution is 2.30. The molecule has 0 aromatic heterocycles. The van der Waals surface area contributed by atoms with Gasteiger partial charge in [0.2, 0.25) is 0 Å². The average molecular weight is 163 g/mol. The van der Waals surface area contributed by atoms with Crippen molar-refractivity contribution in [3.63, 3.8) is 0 Å². The molecule has 0 spiro atoms. The largest absolute Gasteiger partial charge is 0.192 e. The fraction of sp³-hybridized carbons (Fsp3) is 0.545. The summed E-state index contributed by atoms with van der Waals surface area (Å²) >= 11 is 0. The molecular weight excluding hydrogens is 146 g/mol. The van der Waals surface area contributed by atoms with E-state index in [9.17, 15) is 0 Å². The van der Waals surface area contributed by atoms with Crippen LogP contribution in [0.5, 0.6) is 0 Å². The maximum atomic E-state index is 8.83. The van der Waals surface area contributed by atoms with Gasteiger partial charge < -0.3 is 0 Å². The van der Waals surface area contributed by atoms with E-state index in [1.165, 1.54) is 0 Å². The van der Waals surface area contributed by atoms with E-state index in [0.717, 1.165) is 11.1 Å². The maximum absolute atomic E-state index is 8.83. The summed E-state index contributed by atoms with van der Waals surface area (Å²) in [5.41, 5.74) is 1.96. The third kappa shape index (κ3) is 2.54. The molecular formula is C11H17N. The van der Waals surface area contributed by atoms with Crippen molar-refractivity contribution < 1.29 is 0 Å². The van der Waals surface area contributed by atoms with E-state index in [2.05, 4.69) is 26.8 Å². The first-order chi connectivity index (χ1) is 5.47. The second kappa shape index (κ2) is 4.11. The van der Waals surface area contributed by atoms with Crippen LogP contribution in [0.1, 0.15) is 34.6 Å². The van der Waals surface area contributed by atoms with Crippen LogP contribution in [0.25, 0.3) is 0 Å². The Morgan fingerprint density at radius 3 is 1.75 bits per heavy atom. The molecule has 0 N–H and O–H groups in total. The van der Waals surface area contributed by atoms with Gasteiger partial charge in [0.05, 0.1) is 11.6 Å². The van der Waals surface area contributed by atoms with Crippen LogP contribution >= 0.6 is 0 Å². The van der Waals surface area contributed by atoms with Crippen LogP contribution < -0.4 is 0 Å². The molecule has 0 aromatic carbocycles. The number of rotatable bonds is 1. The molecule has 1 nitrogen and oxygen atoms in total. The number of nitrogens with zero attached hydrogens (tertiary/aromatic N) is 1. The molecule has 0 bridgehead atoms. The van der Waals surface area contributed by atoms with Crippen molar-refractivity contribution in [3.05, 3.63) is 23.3 Å². The Morgan fingerprint density at radius 2 is 1.67 bits per heavy atom. The van der Waals surface area contributed by atoms with Gasteiger partial charge in [0, 0.05) is 0 Å². The lowest BCUT2D eigenvalue weighted by atomic mass is 9.82. The zero-order valence-electron chi connectivity index (χ0n) is 8.60. The van der Waals surface area contributed by atoms with Gasteiger partial charge in [-0.3, -0.25) is 0 Å². The third-order valence-corrected chi connectivity index (χ3v) is 1.80. The Morgan fingerprint density at radius 1 is 1.17 bits per heavy atom. The van der Waals surface area contributed by atoms with Crippen molar-refractivity contribution in [2.75, 3.05) is 0 Å². The van der Waals surface area contributed by atoms with E-state index in [1.54, 1.807) is 0 Å². The van der Waals surface area contributed by atoms with Crippen molar-refractivity contribution in [2.45, 2.75) is 34.6 Å². The van der Waals surface area contributed by atoms with Gasteiger partial charge >= 0.3 is 0 Å². The lowest BCUT2D eigenvalue weighted by Crippen LogP contribution is -2.10. The van der Waals surface area contributed by atoms with E-state index >= 15 is 0 Å². The summed E-state index contributed by atoms with van der Waals surface area (Å²) in [7, 11) is 0. The summed E-state index contributed by atoms with van der Waals surface area (Å²) in [6.07, 6.45) is 3.87. The van der Waals surface area contributed by atoms with Crippen LogP contribution in [0.4, 0.5) is 0 Å². The predicted octanol–water partition coefficient (Wildman–Crippen LogP) is 3.45. The molecule has 0 rings (SSSR count). The first-order valence-corrected chi connectivity index (χ1v) is 4.21. The molecule has 0 saturated carbocycles. The molecule has 0 aliphatic carbocycles. The fourth-order valence-electron chi connectivity index (χ4n) is 1.27. The van der Waals surface area contributed by atoms with Gasteiger partial charge in [0.25, 0.3) is 0 Å². The number of hydrogen-bond donors (Lipinski definition) is 0. The lowest BCUT2D eigenvalue weighted by molar-refractivity contribution is 0.512. The molecule has 0 radical (unpaired) electrons. The van der Waals surface area contributed by atoms with Gasteiger partial charge in [-0.25, -0.2) is 0 Å². The van der Waals surface area contributed by atoms with Crippen LogP contribution in [-0.2, 0) is 0 Å². The Labute approximate surface area is 75.4 Å². The first-order valence-electron chi connectivity index (χ1n) is 4.21. The molecule has 0 heterocycles. The van der Waals surface area contributed by atoms with E-state index in [-0.39, 0.29) is 5.41 Å². The molecule has 0 unspecified atom stereocenters. The molecule has 0 amide bonds. The Hall–Kier alpha value is -1.03. The summed E-state index contributed by atoms with van der Waals surface area (Å²) in [6.45, 7) is 10.2. The second-order valence-corrected chi connectivity index (χ2v) is 3.77. The maximum Gasteiger partial charge on any atom is 0.0991 e. The summed E-state index contributed by atoms with van der Waals surface area (Å²) in [5.74, 6) is 0. The molecule has 1 heteroatoms. The SMILES string of the molecule is C/C=C(\C(C#N)=C/C)C(C)(C)C. The third-order valence-electron chi connectivity index (χ3n) is 1.80. The van der Waals surface area contributed by atoms with Gasteiger partial charge in [0.1, 0.15) is 0 Å². The van der Waals surface area contributed by atoms with E-state index in [1.807, 2.05) is 26.0 Å². The van der Waals surface area contributed by atoms with Crippen molar-refractivity contribution in [3.8, 4) is 6.07 Å². The van der Waals surface area contributed by atoms with Gasteiger partial charge in [0.15, 0.2) is 0 Å². The molecule has 0 atom stereocenters. The lowest BCUT2D eigenvalue weighted by Gasteiger charge is -2.22. The average Bonchev–Trinajstić information content (AvgIpc) is 1.97. The number of allylic oxidation sites excluding steroid dienone is 4. The van der Waals surface area contributed by atoms with Gasteiger partial charge in [-0.2, -0.15) is 5.26 Å². The van der Waals surface area contributed by atoms with Gasteiger partial charge in [-0.1, -0.05) is 32.9 Å².